The topological polar surface area (TPSA) is 84.0 Å². The summed E-state index contributed by atoms with van der Waals surface area (Å²) < 4.78 is 36.0. The molecule has 0 aliphatic rings. The van der Waals surface area contributed by atoms with E-state index in [0.717, 1.165) is 17.3 Å². The van der Waals surface area contributed by atoms with Crippen LogP contribution >= 0.6 is 11.8 Å². The minimum absolute atomic E-state index is 0.211. The molecule has 2 N–H and O–H groups in total. The molecule has 0 unspecified atom stereocenters. The molecule has 6 nitrogen and oxygen atoms in total. The Hall–Kier alpha value is -2.62. The van der Waals surface area contributed by atoms with Crippen LogP contribution in [-0.4, -0.2) is 40.4 Å². The van der Waals surface area contributed by atoms with Gasteiger partial charge in [0.05, 0.1) is 11.4 Å². The van der Waals surface area contributed by atoms with Crippen molar-refractivity contribution < 1.29 is 22.8 Å². The average Bonchev–Trinajstić information content (AvgIpc) is 2.58. The van der Waals surface area contributed by atoms with Crippen LogP contribution in [0.3, 0.4) is 0 Å². The van der Waals surface area contributed by atoms with E-state index in [1.165, 1.54) is 0 Å². The van der Waals surface area contributed by atoms with Crippen LogP contribution < -0.4 is 10.6 Å². The molecule has 0 atom stereocenters. The Morgan fingerprint density at radius 1 is 1.15 bits per heavy atom. The van der Waals surface area contributed by atoms with Gasteiger partial charge in [-0.2, -0.15) is 13.2 Å². The summed E-state index contributed by atoms with van der Waals surface area (Å²) in [6, 6.07) is 9.97. The van der Waals surface area contributed by atoms with Crippen molar-refractivity contribution >= 4 is 23.7 Å². The molecule has 0 saturated carbocycles. The van der Waals surface area contributed by atoms with Crippen molar-refractivity contribution in [1.82, 2.24) is 20.6 Å². The van der Waals surface area contributed by atoms with Crippen molar-refractivity contribution in [2.24, 2.45) is 0 Å². The first-order valence-electron chi connectivity index (χ1n) is 7.41. The maximum absolute atomic E-state index is 12.0. The molecule has 138 valence electrons. The van der Waals surface area contributed by atoms with Crippen molar-refractivity contribution in [1.29, 1.82) is 0 Å². The Morgan fingerprint density at radius 3 is 2.50 bits per heavy atom. The van der Waals surface area contributed by atoms with Crippen LogP contribution in [0.25, 0.3) is 11.3 Å². The van der Waals surface area contributed by atoms with E-state index in [0.29, 0.717) is 16.5 Å². The molecule has 26 heavy (non-hydrogen) atoms. The van der Waals surface area contributed by atoms with Gasteiger partial charge in [-0.25, -0.2) is 14.8 Å². The Bertz CT molecular complexity index is 785. The van der Waals surface area contributed by atoms with Crippen LogP contribution in [0.2, 0.25) is 0 Å². The number of carbonyl (C=O) groups excluding carboxylic acids is 2. The number of hydrogen-bond donors (Lipinski definition) is 2. The van der Waals surface area contributed by atoms with Crippen molar-refractivity contribution in [3.05, 3.63) is 42.1 Å². The number of hydrogen-bond acceptors (Lipinski definition) is 5. The lowest BCUT2D eigenvalue weighted by Gasteiger charge is -2.09. The van der Waals surface area contributed by atoms with Gasteiger partial charge in [-0.15, -0.1) is 0 Å². The molecule has 1 aromatic carbocycles. The molecule has 0 aliphatic heterocycles. The largest absolute Gasteiger partial charge is 0.405 e. The maximum Gasteiger partial charge on any atom is 0.405 e. The number of thioether (sulfide) groups is 1. The smallest absolute Gasteiger partial charge is 0.329 e. The molecule has 2 aromatic rings. The van der Waals surface area contributed by atoms with Gasteiger partial charge in [-0.1, -0.05) is 42.1 Å². The summed E-state index contributed by atoms with van der Waals surface area (Å²) in [5.41, 5.74) is 2.27. The van der Waals surface area contributed by atoms with Gasteiger partial charge in [0.2, 0.25) is 5.91 Å². The quantitative estimate of drug-likeness (QED) is 0.612. The van der Waals surface area contributed by atoms with E-state index >= 15 is 0 Å². The third-order valence-electron chi connectivity index (χ3n) is 2.94. The maximum atomic E-state index is 12.0. The molecule has 1 heterocycles. The van der Waals surface area contributed by atoms with Crippen LogP contribution in [0, 0.1) is 6.92 Å². The van der Waals surface area contributed by atoms with Gasteiger partial charge < -0.3 is 5.32 Å². The number of carbonyl (C=O) groups is 2. The Morgan fingerprint density at radius 2 is 1.85 bits per heavy atom. The Labute approximate surface area is 151 Å². The second kappa shape index (κ2) is 8.65. The monoisotopic (exact) mass is 384 g/mol. The molecule has 0 aliphatic carbocycles. The molecule has 3 amide bonds. The molecule has 1 aromatic heterocycles. The summed E-state index contributed by atoms with van der Waals surface area (Å²) >= 11 is 0.981. The molecule has 0 saturated heterocycles. The van der Waals surface area contributed by atoms with E-state index < -0.39 is 24.7 Å². The van der Waals surface area contributed by atoms with Gasteiger partial charge in [0.25, 0.3) is 0 Å². The minimum Gasteiger partial charge on any atom is -0.329 e. The zero-order valence-corrected chi connectivity index (χ0v) is 14.4. The number of imide groups is 1. The highest BCUT2D eigenvalue weighted by molar-refractivity contribution is 7.99. The van der Waals surface area contributed by atoms with E-state index in [9.17, 15) is 22.8 Å². The second-order valence-electron chi connectivity index (χ2n) is 5.18. The number of aromatic nitrogens is 2. The molecule has 2 rings (SSSR count). The van der Waals surface area contributed by atoms with Crippen LogP contribution in [0.4, 0.5) is 18.0 Å². The highest BCUT2D eigenvalue weighted by Crippen LogP contribution is 2.21. The van der Waals surface area contributed by atoms with Gasteiger partial charge in [-0.3, -0.25) is 10.1 Å². The summed E-state index contributed by atoms with van der Waals surface area (Å²) in [4.78, 5) is 31.4. The van der Waals surface area contributed by atoms with Gasteiger partial charge in [-0.05, 0) is 13.0 Å². The van der Waals surface area contributed by atoms with Gasteiger partial charge in [0, 0.05) is 11.3 Å². The number of aryl methyl sites for hydroxylation is 1. The van der Waals surface area contributed by atoms with Crippen molar-refractivity contribution in [2.75, 3.05) is 12.3 Å². The molecular weight excluding hydrogens is 369 g/mol. The summed E-state index contributed by atoms with van der Waals surface area (Å²) in [5.74, 6) is -0.960. The summed E-state index contributed by atoms with van der Waals surface area (Å²) in [6.07, 6.45) is -4.54. The second-order valence-corrected chi connectivity index (χ2v) is 6.12. The van der Waals surface area contributed by atoms with Gasteiger partial charge >= 0.3 is 12.2 Å². The van der Waals surface area contributed by atoms with E-state index in [1.54, 1.807) is 18.3 Å². The lowest BCUT2D eigenvalue weighted by molar-refractivity contribution is -0.124. The summed E-state index contributed by atoms with van der Waals surface area (Å²) in [6.45, 7) is 0.267. The first-order chi connectivity index (χ1) is 12.2. The summed E-state index contributed by atoms with van der Waals surface area (Å²) in [5, 5.41) is 3.70. The first-order valence-corrected chi connectivity index (χ1v) is 8.40. The fraction of sp³-hybridized carbons (Fsp3) is 0.250. The van der Waals surface area contributed by atoms with E-state index in [-0.39, 0.29) is 5.75 Å². The molecule has 0 bridgehead atoms. The van der Waals surface area contributed by atoms with Crippen molar-refractivity contribution in [3.63, 3.8) is 0 Å². The van der Waals surface area contributed by atoms with E-state index in [2.05, 4.69) is 9.97 Å². The molecular formula is C16H15F3N4O2S. The van der Waals surface area contributed by atoms with E-state index in [1.807, 2.05) is 35.6 Å². The number of urea groups is 1. The van der Waals surface area contributed by atoms with Crippen molar-refractivity contribution in [3.8, 4) is 11.3 Å². The predicted molar refractivity (Wildman–Crippen MR) is 90.5 cm³/mol. The Balaban J connectivity index is 1.92. The van der Waals surface area contributed by atoms with Crippen LogP contribution in [-0.2, 0) is 4.79 Å². The van der Waals surface area contributed by atoms with Crippen LogP contribution in [0.5, 0.6) is 0 Å². The highest BCUT2D eigenvalue weighted by atomic mass is 32.2. The number of rotatable bonds is 5. The van der Waals surface area contributed by atoms with Crippen LogP contribution in [0.15, 0.2) is 41.6 Å². The van der Waals surface area contributed by atoms with Crippen molar-refractivity contribution in [2.45, 2.75) is 18.3 Å². The van der Waals surface area contributed by atoms with Gasteiger partial charge in [0.15, 0.2) is 5.16 Å². The highest BCUT2D eigenvalue weighted by Gasteiger charge is 2.27. The number of alkyl halides is 3. The first kappa shape index (κ1) is 19.7. The SMILES string of the molecule is Cc1cc(-c2ccccc2)nc(SCC(=O)NC(=O)NCC(F)(F)F)n1. The lowest BCUT2D eigenvalue weighted by atomic mass is 10.1. The fourth-order valence-electron chi connectivity index (χ4n) is 1.88. The number of benzene rings is 1. The number of nitrogens with zero attached hydrogens (tertiary/aromatic N) is 2. The van der Waals surface area contributed by atoms with Gasteiger partial charge in [0.1, 0.15) is 6.54 Å². The minimum atomic E-state index is -4.54. The third-order valence-corrected chi connectivity index (χ3v) is 3.79. The third kappa shape index (κ3) is 6.71. The Kier molecular flexibility index (Phi) is 6.56. The average molecular weight is 384 g/mol. The summed E-state index contributed by atoms with van der Waals surface area (Å²) in [7, 11) is 0. The normalized spacial score (nSPS) is 11.1. The molecule has 0 radical (unpaired) electrons. The predicted octanol–water partition coefficient (Wildman–Crippen LogP) is 2.93. The molecule has 0 spiro atoms. The lowest BCUT2D eigenvalue weighted by Crippen LogP contribution is -2.43. The molecule has 10 heteroatoms. The number of amides is 3. The zero-order chi connectivity index (χ0) is 19.2. The zero-order valence-electron chi connectivity index (χ0n) is 13.6. The number of halogens is 3. The molecule has 0 fully saturated rings. The standard InChI is InChI=1S/C16H15F3N4O2S/c1-10-7-12(11-5-3-2-4-6-11)22-15(21-10)26-8-13(24)23-14(25)20-9-16(17,18)19/h2-7H,8-9H2,1H3,(H2,20,23,24,25). The fourth-order valence-corrected chi connectivity index (χ4v) is 2.58. The van der Waals surface area contributed by atoms with Crippen LogP contribution in [0.1, 0.15) is 5.69 Å². The van der Waals surface area contributed by atoms with E-state index in [4.69, 9.17) is 0 Å². The number of nitrogens with one attached hydrogen (secondary N) is 2.